The van der Waals surface area contributed by atoms with Gasteiger partial charge >= 0.3 is 0 Å². The quantitative estimate of drug-likeness (QED) is 0.854. The summed E-state index contributed by atoms with van der Waals surface area (Å²) in [5.74, 6) is 2.08. The zero-order chi connectivity index (χ0) is 12.4. The first-order valence-corrected chi connectivity index (χ1v) is 6.56. The van der Waals surface area contributed by atoms with Crippen molar-refractivity contribution in [1.29, 1.82) is 0 Å². The highest BCUT2D eigenvalue weighted by Gasteiger charge is 2.17. The van der Waals surface area contributed by atoms with Crippen LogP contribution in [0.4, 0.5) is 5.82 Å². The van der Waals surface area contributed by atoms with Crippen LogP contribution in [0.3, 0.4) is 0 Å². The van der Waals surface area contributed by atoms with Gasteiger partial charge in [0.1, 0.15) is 5.82 Å². The number of pyridine rings is 1. The van der Waals surface area contributed by atoms with Crippen LogP contribution in [-0.4, -0.2) is 18.1 Å². The van der Waals surface area contributed by atoms with Gasteiger partial charge in [-0.3, -0.25) is 4.79 Å². The predicted octanol–water partition coefficient (Wildman–Crippen LogP) is 2.73. The Bertz CT molecular complexity index is 428. The minimum absolute atomic E-state index is 0.0659. The van der Waals surface area contributed by atoms with Crippen molar-refractivity contribution in [3.8, 4) is 0 Å². The first kappa shape index (κ1) is 12.2. The van der Waals surface area contributed by atoms with E-state index in [4.69, 9.17) is 0 Å². The van der Waals surface area contributed by atoms with Crippen molar-refractivity contribution in [2.75, 3.05) is 18.0 Å². The van der Waals surface area contributed by atoms with Crippen molar-refractivity contribution in [1.82, 2.24) is 4.98 Å². The molecule has 3 heteroatoms. The van der Waals surface area contributed by atoms with Crippen LogP contribution in [0.2, 0.25) is 0 Å². The highest BCUT2D eigenvalue weighted by atomic mass is 16.1. The summed E-state index contributed by atoms with van der Waals surface area (Å²) in [5.41, 5.74) is 0.940. The molecule has 1 saturated heterocycles. The van der Waals surface area contributed by atoms with Gasteiger partial charge in [-0.05, 0) is 36.8 Å². The lowest BCUT2D eigenvalue weighted by Gasteiger charge is -2.31. The molecule has 0 amide bonds. The smallest absolute Gasteiger partial charge is 0.252 e. The molecule has 1 aromatic rings. The number of hydrogen-bond acceptors (Lipinski definition) is 2. The summed E-state index contributed by atoms with van der Waals surface area (Å²) in [6, 6.07) is 4.02. The number of H-pyrrole nitrogens is 1. The largest absolute Gasteiger partial charge is 0.358 e. The van der Waals surface area contributed by atoms with E-state index >= 15 is 0 Å². The van der Waals surface area contributed by atoms with Crippen LogP contribution in [0.1, 0.15) is 45.1 Å². The molecular weight excluding hydrogens is 212 g/mol. The van der Waals surface area contributed by atoms with Crippen molar-refractivity contribution in [2.24, 2.45) is 5.92 Å². The Morgan fingerprint density at radius 1 is 1.29 bits per heavy atom. The van der Waals surface area contributed by atoms with Gasteiger partial charge in [0.05, 0.1) is 0 Å². The molecule has 0 aliphatic carbocycles. The third-order valence-corrected chi connectivity index (χ3v) is 3.67. The molecule has 0 spiro atoms. The highest BCUT2D eigenvalue weighted by molar-refractivity contribution is 5.40. The van der Waals surface area contributed by atoms with Gasteiger partial charge in [0.25, 0.3) is 5.56 Å². The number of aromatic nitrogens is 1. The second kappa shape index (κ2) is 4.94. The van der Waals surface area contributed by atoms with E-state index in [9.17, 15) is 4.79 Å². The van der Waals surface area contributed by atoms with E-state index in [1.165, 1.54) is 12.8 Å². The maximum atomic E-state index is 11.9. The average molecular weight is 234 g/mol. The van der Waals surface area contributed by atoms with Gasteiger partial charge < -0.3 is 9.88 Å². The molecule has 1 aliphatic rings. The normalized spacial score (nSPS) is 17.8. The van der Waals surface area contributed by atoms with Gasteiger partial charge in [-0.15, -0.1) is 0 Å². The summed E-state index contributed by atoms with van der Waals surface area (Å²) >= 11 is 0. The zero-order valence-electron chi connectivity index (χ0n) is 11.0. The Morgan fingerprint density at radius 2 is 1.94 bits per heavy atom. The molecule has 17 heavy (non-hydrogen) atoms. The summed E-state index contributed by atoms with van der Waals surface area (Å²) < 4.78 is 0. The number of hydrogen-bond donors (Lipinski definition) is 1. The summed E-state index contributed by atoms with van der Waals surface area (Å²) in [6.07, 6.45) is 2.43. The number of anilines is 1. The molecule has 1 N–H and O–H groups in total. The van der Waals surface area contributed by atoms with Gasteiger partial charge in [0.2, 0.25) is 0 Å². The van der Waals surface area contributed by atoms with Crippen molar-refractivity contribution in [3.63, 3.8) is 0 Å². The van der Waals surface area contributed by atoms with E-state index in [0.717, 1.165) is 30.4 Å². The molecule has 0 radical (unpaired) electrons. The van der Waals surface area contributed by atoms with E-state index in [-0.39, 0.29) is 11.5 Å². The molecule has 1 aliphatic heterocycles. The van der Waals surface area contributed by atoms with Gasteiger partial charge in [-0.1, -0.05) is 20.8 Å². The zero-order valence-corrected chi connectivity index (χ0v) is 11.0. The van der Waals surface area contributed by atoms with Crippen LogP contribution < -0.4 is 10.5 Å². The fraction of sp³-hybridized carbons (Fsp3) is 0.643. The third kappa shape index (κ3) is 2.71. The molecule has 0 saturated carbocycles. The minimum atomic E-state index is 0.0659. The molecule has 1 fully saturated rings. The first-order valence-electron chi connectivity index (χ1n) is 6.56. The Hall–Kier alpha value is -1.25. The second-order valence-electron chi connectivity index (χ2n) is 5.45. The molecule has 0 bridgehead atoms. The number of nitrogens with one attached hydrogen (secondary N) is 1. The van der Waals surface area contributed by atoms with Gasteiger partial charge in [0, 0.05) is 18.7 Å². The Labute approximate surface area is 103 Å². The second-order valence-corrected chi connectivity index (χ2v) is 5.45. The van der Waals surface area contributed by atoms with Crippen molar-refractivity contribution in [3.05, 3.63) is 28.0 Å². The molecule has 2 heterocycles. The molecule has 0 atom stereocenters. The minimum Gasteiger partial charge on any atom is -0.358 e. The molecule has 94 valence electrons. The SMILES string of the molecule is CC1CCN(c2ccc(C(C)C)c(=O)[nH]2)CC1. The van der Waals surface area contributed by atoms with Gasteiger partial charge in [0.15, 0.2) is 0 Å². The highest BCUT2D eigenvalue weighted by Crippen LogP contribution is 2.21. The topological polar surface area (TPSA) is 36.1 Å². The van der Waals surface area contributed by atoms with Gasteiger partial charge in [-0.25, -0.2) is 0 Å². The molecule has 2 rings (SSSR count). The number of nitrogens with zero attached hydrogens (tertiary/aromatic N) is 1. The average Bonchev–Trinajstić information content (AvgIpc) is 2.29. The molecule has 1 aromatic heterocycles. The van der Waals surface area contributed by atoms with E-state index in [2.05, 4.69) is 16.8 Å². The van der Waals surface area contributed by atoms with Crippen molar-refractivity contribution >= 4 is 5.82 Å². The van der Waals surface area contributed by atoms with E-state index in [0.29, 0.717) is 0 Å². The number of piperidine rings is 1. The predicted molar refractivity (Wildman–Crippen MR) is 71.8 cm³/mol. The molecular formula is C14H22N2O. The fourth-order valence-corrected chi connectivity index (χ4v) is 2.36. The summed E-state index contributed by atoms with van der Waals surface area (Å²) in [7, 11) is 0. The standard InChI is InChI=1S/C14H22N2O/c1-10(2)12-4-5-13(15-14(12)17)16-8-6-11(3)7-9-16/h4-5,10-11H,6-9H2,1-3H3,(H,15,17). The summed E-state index contributed by atoms with van der Waals surface area (Å²) in [4.78, 5) is 17.2. The van der Waals surface area contributed by atoms with Crippen molar-refractivity contribution in [2.45, 2.75) is 39.5 Å². The van der Waals surface area contributed by atoms with Crippen LogP contribution >= 0.6 is 0 Å². The summed E-state index contributed by atoms with van der Waals surface area (Å²) in [6.45, 7) is 8.50. The Balaban J connectivity index is 2.17. The molecule has 0 aromatic carbocycles. The van der Waals surface area contributed by atoms with E-state index in [1.54, 1.807) is 0 Å². The maximum absolute atomic E-state index is 11.9. The van der Waals surface area contributed by atoms with Gasteiger partial charge in [-0.2, -0.15) is 0 Å². The number of rotatable bonds is 2. The van der Waals surface area contributed by atoms with E-state index in [1.807, 2.05) is 26.0 Å². The van der Waals surface area contributed by atoms with Crippen molar-refractivity contribution < 1.29 is 0 Å². The lowest BCUT2D eigenvalue weighted by molar-refractivity contribution is 0.436. The lowest BCUT2D eigenvalue weighted by Crippen LogP contribution is -2.34. The van der Waals surface area contributed by atoms with Crippen LogP contribution in [0.25, 0.3) is 0 Å². The lowest BCUT2D eigenvalue weighted by atomic mass is 9.99. The molecule has 0 unspecified atom stereocenters. The van der Waals surface area contributed by atoms with Crippen LogP contribution in [0, 0.1) is 5.92 Å². The van der Waals surface area contributed by atoms with Crippen LogP contribution in [0.15, 0.2) is 16.9 Å². The Kier molecular flexibility index (Phi) is 3.55. The third-order valence-electron chi connectivity index (χ3n) is 3.67. The van der Waals surface area contributed by atoms with Crippen LogP contribution in [-0.2, 0) is 0 Å². The molecule has 3 nitrogen and oxygen atoms in total. The number of aromatic amines is 1. The Morgan fingerprint density at radius 3 is 2.47 bits per heavy atom. The van der Waals surface area contributed by atoms with Crippen LogP contribution in [0.5, 0.6) is 0 Å². The maximum Gasteiger partial charge on any atom is 0.252 e. The monoisotopic (exact) mass is 234 g/mol. The summed E-state index contributed by atoms with van der Waals surface area (Å²) in [5, 5.41) is 0. The van der Waals surface area contributed by atoms with E-state index < -0.39 is 0 Å². The first-order chi connectivity index (χ1) is 8.08. The fourth-order valence-electron chi connectivity index (χ4n) is 2.36.